The molecule has 0 aliphatic rings. The molecule has 0 spiro atoms. The second kappa shape index (κ2) is 5.12. The third kappa shape index (κ3) is 2.67. The molecule has 0 aromatic carbocycles. The molecule has 1 amide bonds. The number of amides is 1. The molecule has 0 aliphatic carbocycles. The number of hydrogen-bond acceptors (Lipinski definition) is 3. The lowest BCUT2D eigenvalue weighted by Crippen LogP contribution is -2.28. The molecule has 0 saturated heterocycles. The summed E-state index contributed by atoms with van der Waals surface area (Å²) in [7, 11) is 0. The van der Waals surface area contributed by atoms with Crippen LogP contribution in [0.4, 0.5) is 13.2 Å². The monoisotopic (exact) mass is 289 g/mol. The van der Waals surface area contributed by atoms with Gasteiger partial charge in [0.2, 0.25) is 0 Å². The van der Waals surface area contributed by atoms with E-state index in [4.69, 9.17) is 0 Å². The second-order valence-electron chi connectivity index (χ2n) is 3.72. The van der Waals surface area contributed by atoms with Crippen molar-refractivity contribution in [2.24, 2.45) is 0 Å². The highest BCUT2D eigenvalue weighted by Crippen LogP contribution is 2.31. The third-order valence-electron chi connectivity index (χ3n) is 2.41. The van der Waals surface area contributed by atoms with Gasteiger partial charge in [-0.15, -0.1) is 0 Å². The first kappa shape index (κ1) is 13.7. The van der Waals surface area contributed by atoms with E-state index in [0.29, 0.717) is 5.75 Å². The smallest absolute Gasteiger partial charge is 0.350 e. The van der Waals surface area contributed by atoms with Crippen molar-refractivity contribution in [3.05, 3.63) is 35.8 Å². The van der Waals surface area contributed by atoms with Crippen LogP contribution < -0.4 is 5.32 Å². The third-order valence-corrected chi connectivity index (χ3v) is 2.63. The summed E-state index contributed by atoms with van der Waals surface area (Å²) < 4.78 is 39.8. The molecule has 8 heteroatoms. The van der Waals surface area contributed by atoms with E-state index >= 15 is 0 Å². The SMILES string of the molecule is O=C(NCCS)c1c(C(F)(F)F)nc2ccccn12. The summed E-state index contributed by atoms with van der Waals surface area (Å²) in [5, 5.41) is 2.36. The Morgan fingerprint density at radius 1 is 1.42 bits per heavy atom. The number of imidazole rings is 1. The second-order valence-corrected chi connectivity index (χ2v) is 4.16. The number of thiol groups is 1. The van der Waals surface area contributed by atoms with Gasteiger partial charge < -0.3 is 5.32 Å². The van der Waals surface area contributed by atoms with E-state index in [1.807, 2.05) is 0 Å². The standard InChI is InChI=1S/C11H10F3N3OS/c12-11(13,14)9-8(10(18)15-4-6-19)17-5-2-1-3-7(17)16-9/h1-3,5,19H,4,6H2,(H,15,18). The van der Waals surface area contributed by atoms with E-state index in [2.05, 4.69) is 22.9 Å². The summed E-state index contributed by atoms with van der Waals surface area (Å²) in [4.78, 5) is 15.3. The zero-order chi connectivity index (χ0) is 14.0. The molecule has 0 aliphatic heterocycles. The van der Waals surface area contributed by atoms with E-state index in [1.165, 1.54) is 18.3 Å². The van der Waals surface area contributed by atoms with Crippen LogP contribution in [0.3, 0.4) is 0 Å². The van der Waals surface area contributed by atoms with E-state index in [-0.39, 0.29) is 12.2 Å². The minimum atomic E-state index is -4.68. The van der Waals surface area contributed by atoms with Crippen molar-refractivity contribution in [3.63, 3.8) is 0 Å². The first-order valence-corrected chi connectivity index (χ1v) is 6.01. The molecule has 0 unspecified atom stereocenters. The fourth-order valence-corrected chi connectivity index (χ4v) is 1.78. The average Bonchev–Trinajstić information content (AvgIpc) is 2.75. The molecule has 1 N–H and O–H groups in total. The number of nitrogens with zero attached hydrogens (tertiary/aromatic N) is 2. The molecule has 0 fully saturated rings. The minimum absolute atomic E-state index is 0.0749. The van der Waals surface area contributed by atoms with Crippen molar-refractivity contribution in [1.82, 2.24) is 14.7 Å². The predicted octanol–water partition coefficient (Wildman–Crippen LogP) is 2.01. The Bertz CT molecular complexity index is 609. The number of carbonyl (C=O) groups excluding carboxylic acids is 1. The quantitative estimate of drug-likeness (QED) is 0.849. The Balaban J connectivity index is 2.58. The molecule has 2 heterocycles. The maximum absolute atomic E-state index is 12.9. The molecule has 2 rings (SSSR count). The van der Waals surface area contributed by atoms with Crippen LogP contribution in [0.5, 0.6) is 0 Å². The summed E-state index contributed by atoms with van der Waals surface area (Å²) in [6.45, 7) is 0.180. The lowest BCUT2D eigenvalue weighted by atomic mass is 10.3. The zero-order valence-electron chi connectivity index (χ0n) is 9.61. The molecule has 0 saturated carbocycles. The normalized spacial score (nSPS) is 11.8. The van der Waals surface area contributed by atoms with Crippen molar-refractivity contribution >= 4 is 24.2 Å². The maximum Gasteiger partial charge on any atom is 0.435 e. The number of rotatable bonds is 3. The number of alkyl halides is 3. The molecule has 0 atom stereocenters. The lowest BCUT2D eigenvalue weighted by molar-refractivity contribution is -0.141. The Kier molecular flexibility index (Phi) is 3.70. The van der Waals surface area contributed by atoms with Gasteiger partial charge in [-0.25, -0.2) is 4.98 Å². The summed E-state index contributed by atoms with van der Waals surface area (Å²) in [6.07, 6.45) is -3.31. The van der Waals surface area contributed by atoms with Crippen LogP contribution in [-0.4, -0.2) is 27.6 Å². The van der Waals surface area contributed by atoms with E-state index in [9.17, 15) is 18.0 Å². The van der Waals surface area contributed by atoms with Crippen LogP contribution in [0, 0.1) is 0 Å². The van der Waals surface area contributed by atoms with Gasteiger partial charge in [0.05, 0.1) is 0 Å². The summed E-state index contributed by atoms with van der Waals surface area (Å²) >= 11 is 3.89. The van der Waals surface area contributed by atoms with Crippen LogP contribution in [0.25, 0.3) is 5.65 Å². The Morgan fingerprint density at radius 2 is 2.16 bits per heavy atom. The van der Waals surface area contributed by atoms with Crippen molar-refractivity contribution in [1.29, 1.82) is 0 Å². The van der Waals surface area contributed by atoms with Crippen LogP contribution in [-0.2, 0) is 6.18 Å². The van der Waals surface area contributed by atoms with Gasteiger partial charge >= 0.3 is 6.18 Å². The average molecular weight is 289 g/mol. The topological polar surface area (TPSA) is 46.4 Å². The molecule has 2 aromatic heterocycles. The number of fused-ring (bicyclic) bond motifs is 1. The summed E-state index contributed by atoms with van der Waals surface area (Å²) in [6, 6.07) is 4.49. The highest BCUT2D eigenvalue weighted by atomic mass is 32.1. The van der Waals surface area contributed by atoms with Crippen LogP contribution in [0.15, 0.2) is 24.4 Å². The highest BCUT2D eigenvalue weighted by Gasteiger charge is 2.39. The summed E-state index contributed by atoms with van der Waals surface area (Å²) in [5.41, 5.74) is -1.62. The van der Waals surface area contributed by atoms with Gasteiger partial charge in [0.25, 0.3) is 5.91 Å². The number of hydrogen-bond donors (Lipinski definition) is 2. The lowest BCUT2D eigenvalue weighted by Gasteiger charge is -2.07. The molecule has 4 nitrogen and oxygen atoms in total. The van der Waals surface area contributed by atoms with Crippen molar-refractivity contribution in [2.75, 3.05) is 12.3 Å². The number of aromatic nitrogens is 2. The largest absolute Gasteiger partial charge is 0.435 e. The molecule has 0 bridgehead atoms. The van der Waals surface area contributed by atoms with Crippen LogP contribution in [0.1, 0.15) is 16.2 Å². The minimum Gasteiger partial charge on any atom is -0.350 e. The molecule has 102 valence electrons. The molecule has 2 aromatic rings. The number of carbonyl (C=O) groups is 1. The van der Waals surface area contributed by atoms with E-state index in [1.54, 1.807) is 6.07 Å². The van der Waals surface area contributed by atoms with Crippen LogP contribution in [0.2, 0.25) is 0 Å². The van der Waals surface area contributed by atoms with Gasteiger partial charge in [-0.05, 0) is 12.1 Å². The first-order chi connectivity index (χ1) is 8.95. The number of halogens is 3. The highest BCUT2D eigenvalue weighted by molar-refractivity contribution is 7.80. The molecule has 19 heavy (non-hydrogen) atoms. The Labute approximate surface area is 112 Å². The number of pyridine rings is 1. The van der Waals surface area contributed by atoms with Gasteiger partial charge in [0.15, 0.2) is 5.69 Å². The van der Waals surface area contributed by atoms with E-state index in [0.717, 1.165) is 4.40 Å². The summed E-state index contributed by atoms with van der Waals surface area (Å²) in [5.74, 6) is -0.482. The van der Waals surface area contributed by atoms with E-state index < -0.39 is 23.5 Å². The maximum atomic E-state index is 12.9. The van der Waals surface area contributed by atoms with Crippen molar-refractivity contribution in [2.45, 2.75) is 6.18 Å². The van der Waals surface area contributed by atoms with Gasteiger partial charge in [-0.3, -0.25) is 9.20 Å². The van der Waals surface area contributed by atoms with Gasteiger partial charge in [-0.1, -0.05) is 6.07 Å². The molecule has 0 radical (unpaired) electrons. The fourth-order valence-electron chi connectivity index (χ4n) is 1.66. The van der Waals surface area contributed by atoms with Crippen molar-refractivity contribution in [3.8, 4) is 0 Å². The fraction of sp³-hybridized carbons (Fsp3) is 0.273. The van der Waals surface area contributed by atoms with Crippen LogP contribution >= 0.6 is 12.6 Å². The molecular weight excluding hydrogens is 279 g/mol. The zero-order valence-corrected chi connectivity index (χ0v) is 10.5. The molecular formula is C11H10F3N3OS. The predicted molar refractivity (Wildman–Crippen MR) is 66.4 cm³/mol. The van der Waals surface area contributed by atoms with Gasteiger partial charge in [0.1, 0.15) is 11.3 Å². The first-order valence-electron chi connectivity index (χ1n) is 5.38. The number of nitrogens with one attached hydrogen (secondary N) is 1. The van der Waals surface area contributed by atoms with Gasteiger partial charge in [0, 0.05) is 18.5 Å². The Hall–Kier alpha value is -1.70. The van der Waals surface area contributed by atoms with Crippen molar-refractivity contribution < 1.29 is 18.0 Å². The van der Waals surface area contributed by atoms with Gasteiger partial charge in [-0.2, -0.15) is 25.8 Å². The Morgan fingerprint density at radius 3 is 2.79 bits per heavy atom.